The Bertz CT molecular complexity index is 1170. The summed E-state index contributed by atoms with van der Waals surface area (Å²) >= 11 is 1.40. The van der Waals surface area contributed by atoms with Gasteiger partial charge < -0.3 is 4.74 Å². The Labute approximate surface area is 159 Å². The van der Waals surface area contributed by atoms with Gasteiger partial charge in [0.05, 0.1) is 24.3 Å². The van der Waals surface area contributed by atoms with Gasteiger partial charge in [-0.25, -0.2) is 4.79 Å². The first kappa shape index (κ1) is 17.9. The summed E-state index contributed by atoms with van der Waals surface area (Å²) in [7, 11) is 1.45. The molecule has 6 nitrogen and oxygen atoms in total. The molecule has 0 N–H and O–H groups in total. The van der Waals surface area contributed by atoms with E-state index >= 15 is 0 Å². The number of ether oxygens (including phenoxy) is 1. The van der Waals surface area contributed by atoms with Crippen LogP contribution >= 0.6 is 11.3 Å². The maximum atomic E-state index is 12.8. The zero-order valence-corrected chi connectivity index (χ0v) is 16.3. The number of carbonyl (C=O) groups excluding carboxylic acids is 1. The molecule has 0 amide bonds. The van der Waals surface area contributed by atoms with Gasteiger partial charge in [0, 0.05) is 29.5 Å². The van der Waals surface area contributed by atoms with E-state index in [-0.39, 0.29) is 23.5 Å². The van der Waals surface area contributed by atoms with Gasteiger partial charge in [-0.05, 0) is 13.8 Å². The highest BCUT2D eigenvalue weighted by Crippen LogP contribution is 2.37. The molecular weight excluding hydrogens is 364 g/mol. The topological polar surface area (TPSA) is 70.3 Å². The lowest BCUT2D eigenvalue weighted by molar-refractivity contribution is -0.0384. The number of hydrogen-bond acceptors (Lipinski definition) is 5. The van der Waals surface area contributed by atoms with Crippen molar-refractivity contribution in [3.8, 4) is 0 Å². The minimum absolute atomic E-state index is 0.111. The third-order valence-corrected chi connectivity index (χ3v) is 6.15. The van der Waals surface area contributed by atoms with E-state index in [1.54, 1.807) is 24.3 Å². The van der Waals surface area contributed by atoms with Crippen LogP contribution in [-0.2, 0) is 31.4 Å². The smallest absolute Gasteiger partial charge is 0.331 e. The monoisotopic (exact) mass is 384 g/mol. The number of hydrogen-bond donors (Lipinski definition) is 0. The van der Waals surface area contributed by atoms with Gasteiger partial charge in [0.2, 0.25) is 0 Å². The summed E-state index contributed by atoms with van der Waals surface area (Å²) in [5, 5.41) is 0. The first-order chi connectivity index (χ1) is 12.8. The molecule has 0 saturated carbocycles. The van der Waals surface area contributed by atoms with Gasteiger partial charge in [0.25, 0.3) is 5.56 Å². The molecule has 1 aromatic carbocycles. The van der Waals surface area contributed by atoms with Gasteiger partial charge in [-0.3, -0.25) is 18.7 Å². The summed E-state index contributed by atoms with van der Waals surface area (Å²) in [6.45, 7) is 4.23. The Kier molecular flexibility index (Phi) is 4.16. The fourth-order valence-electron chi connectivity index (χ4n) is 3.45. The predicted molar refractivity (Wildman–Crippen MR) is 105 cm³/mol. The lowest BCUT2D eigenvalue weighted by Crippen LogP contribution is -2.39. The first-order valence-corrected chi connectivity index (χ1v) is 9.56. The van der Waals surface area contributed by atoms with E-state index in [0.717, 1.165) is 15.0 Å². The van der Waals surface area contributed by atoms with E-state index in [1.807, 2.05) is 19.9 Å². The van der Waals surface area contributed by atoms with Crippen LogP contribution in [0.15, 0.2) is 39.9 Å². The van der Waals surface area contributed by atoms with Gasteiger partial charge in [-0.2, -0.15) is 0 Å². The van der Waals surface area contributed by atoms with E-state index in [9.17, 15) is 14.4 Å². The average Bonchev–Trinajstić information content (AvgIpc) is 3.01. The summed E-state index contributed by atoms with van der Waals surface area (Å²) in [5.41, 5.74) is 0.808. The fraction of sp³-hybridized carbons (Fsp3) is 0.350. The largest absolute Gasteiger partial charge is 0.370 e. The molecule has 1 aliphatic rings. The Morgan fingerprint density at radius 1 is 1.22 bits per heavy atom. The predicted octanol–water partition coefficient (Wildman–Crippen LogP) is 2.50. The molecule has 0 bridgehead atoms. The minimum atomic E-state index is -0.484. The highest BCUT2D eigenvalue weighted by molar-refractivity contribution is 7.19. The van der Waals surface area contributed by atoms with Crippen molar-refractivity contribution in [2.45, 2.75) is 39.0 Å². The zero-order valence-electron chi connectivity index (χ0n) is 15.4. The van der Waals surface area contributed by atoms with E-state index in [4.69, 9.17) is 4.74 Å². The third-order valence-electron chi connectivity index (χ3n) is 4.94. The molecule has 0 aliphatic carbocycles. The van der Waals surface area contributed by atoms with Crippen molar-refractivity contribution in [3.05, 3.63) is 67.2 Å². The number of carbonyl (C=O) groups is 1. The second-order valence-corrected chi connectivity index (χ2v) is 8.53. The molecule has 27 heavy (non-hydrogen) atoms. The summed E-state index contributed by atoms with van der Waals surface area (Å²) in [5.74, 6) is -0.172. The molecule has 140 valence electrons. The van der Waals surface area contributed by atoms with Crippen molar-refractivity contribution in [1.29, 1.82) is 0 Å². The van der Waals surface area contributed by atoms with Crippen LogP contribution in [0.25, 0.3) is 10.2 Å². The molecule has 0 saturated heterocycles. The lowest BCUT2D eigenvalue weighted by Gasteiger charge is -2.30. The van der Waals surface area contributed by atoms with Crippen LogP contribution in [0.2, 0.25) is 0 Å². The van der Waals surface area contributed by atoms with Crippen molar-refractivity contribution >= 4 is 27.3 Å². The Morgan fingerprint density at radius 2 is 1.93 bits per heavy atom. The van der Waals surface area contributed by atoms with Gasteiger partial charge in [0.1, 0.15) is 4.70 Å². The number of fused-ring (bicyclic) bond motifs is 3. The molecule has 0 spiro atoms. The molecule has 2 aromatic heterocycles. The summed E-state index contributed by atoms with van der Waals surface area (Å²) in [6, 6.07) is 8.85. The van der Waals surface area contributed by atoms with Crippen LogP contribution in [0.4, 0.5) is 0 Å². The zero-order chi connectivity index (χ0) is 19.3. The number of nitrogens with zero attached hydrogens (tertiary/aromatic N) is 2. The van der Waals surface area contributed by atoms with Crippen molar-refractivity contribution < 1.29 is 9.53 Å². The molecule has 0 unspecified atom stereocenters. The van der Waals surface area contributed by atoms with Crippen LogP contribution in [-0.4, -0.2) is 20.5 Å². The third kappa shape index (κ3) is 2.96. The van der Waals surface area contributed by atoms with Gasteiger partial charge in [-0.15, -0.1) is 11.3 Å². The van der Waals surface area contributed by atoms with Crippen LogP contribution in [0, 0.1) is 0 Å². The number of benzene rings is 1. The molecule has 1 aliphatic heterocycles. The normalized spacial score (nSPS) is 15.7. The number of Topliss-reactive ketones (excluding diaryl/α,β-unsaturated/α-hetero) is 1. The SMILES string of the molecule is Cn1c(=O)c2sc3c(c2n(CC(=O)c2ccccc2)c1=O)COC(C)(C)C3. The van der Waals surface area contributed by atoms with Gasteiger partial charge in [0.15, 0.2) is 5.78 Å². The summed E-state index contributed by atoms with van der Waals surface area (Å²) < 4.78 is 8.91. The molecule has 4 rings (SSSR count). The molecule has 0 atom stereocenters. The number of thiophene rings is 1. The van der Waals surface area contributed by atoms with Gasteiger partial charge in [-0.1, -0.05) is 30.3 Å². The molecular formula is C20H20N2O4S. The molecule has 3 aromatic rings. The minimum Gasteiger partial charge on any atom is -0.370 e. The van der Waals surface area contributed by atoms with Crippen LogP contribution in [0.1, 0.15) is 34.6 Å². The fourth-order valence-corrected chi connectivity index (χ4v) is 4.95. The second kappa shape index (κ2) is 6.28. The molecule has 0 radical (unpaired) electrons. The first-order valence-electron chi connectivity index (χ1n) is 8.75. The van der Waals surface area contributed by atoms with E-state index < -0.39 is 5.69 Å². The summed E-state index contributed by atoms with van der Waals surface area (Å²) in [4.78, 5) is 39.3. The Hall–Kier alpha value is -2.51. The maximum absolute atomic E-state index is 12.8. The van der Waals surface area contributed by atoms with Crippen molar-refractivity contribution in [1.82, 2.24) is 9.13 Å². The van der Waals surface area contributed by atoms with E-state index in [2.05, 4.69) is 0 Å². The number of ketones is 1. The maximum Gasteiger partial charge on any atom is 0.331 e. The highest BCUT2D eigenvalue weighted by Gasteiger charge is 2.31. The van der Waals surface area contributed by atoms with Crippen molar-refractivity contribution in [2.24, 2.45) is 7.05 Å². The van der Waals surface area contributed by atoms with Crippen LogP contribution in [0.3, 0.4) is 0 Å². The molecule has 7 heteroatoms. The van der Waals surface area contributed by atoms with Gasteiger partial charge >= 0.3 is 5.69 Å². The van der Waals surface area contributed by atoms with Crippen LogP contribution < -0.4 is 11.2 Å². The Morgan fingerprint density at radius 3 is 2.63 bits per heavy atom. The lowest BCUT2D eigenvalue weighted by atomic mass is 9.98. The van der Waals surface area contributed by atoms with Crippen LogP contribution in [0.5, 0.6) is 0 Å². The van der Waals surface area contributed by atoms with Crippen molar-refractivity contribution in [2.75, 3.05) is 0 Å². The van der Waals surface area contributed by atoms with Crippen molar-refractivity contribution in [3.63, 3.8) is 0 Å². The quantitative estimate of drug-likeness (QED) is 0.651. The second-order valence-electron chi connectivity index (χ2n) is 7.43. The Balaban J connectivity index is 1.92. The standard InChI is InChI=1S/C20H20N2O4S/c1-20(2)9-15-13(11-26-20)16-17(27-15)18(24)21(3)19(25)22(16)10-14(23)12-7-5-4-6-8-12/h4-8H,9-11H2,1-3H3. The highest BCUT2D eigenvalue weighted by atomic mass is 32.1. The number of rotatable bonds is 3. The number of aromatic nitrogens is 2. The average molecular weight is 384 g/mol. The van der Waals surface area contributed by atoms with E-state index in [0.29, 0.717) is 28.8 Å². The molecule has 3 heterocycles. The summed E-state index contributed by atoms with van der Waals surface area (Å²) in [6.07, 6.45) is 0.672. The molecule has 0 fully saturated rings. The van der Waals surface area contributed by atoms with E-state index in [1.165, 1.54) is 23.0 Å².